The molecular formula is C46H51N2Na4O15S4+. The molecule has 0 saturated heterocycles. The van der Waals surface area contributed by atoms with Gasteiger partial charge in [0.2, 0.25) is 5.69 Å². The van der Waals surface area contributed by atoms with E-state index in [2.05, 4.69) is 0 Å². The fourth-order valence-electron chi connectivity index (χ4n) is 8.87. The van der Waals surface area contributed by atoms with E-state index in [1.807, 2.05) is 61.5 Å². The number of allylic oxidation sites excluding steroid dienone is 7. The standard InChI is InChI=1S/C46H54N2O15S4.4Na/c1-45(2)37-29-35(66(57,58)59)20-22-39(37)47(26-7-5-6-13-43(49)50)41(45)24-14-31-11-10-12-32(44(31)63-33-16-18-34(19-17-33)65(54,55)56)15-25-42-46(3,4)38-30-36(67(60,61)62)21-23-40(38)48(42)27-8-9-28-64(51,52)53;;;;/h14-25,29-30H,5-13,26-28H2,1-4H3,(H4-,49,50,51,52,53,54,55,56,57,58,59,60,61,62);;;;/q;4*+1/p-3. The van der Waals surface area contributed by atoms with E-state index in [0.29, 0.717) is 90.2 Å². The molecule has 0 atom stereocenters. The maximum absolute atomic E-state index is 12.2. The number of carboxylic acid groups (broad SMARTS) is 1. The normalized spacial score (nSPS) is 17.5. The van der Waals surface area contributed by atoms with Crippen LogP contribution in [-0.4, -0.2) is 87.0 Å². The van der Waals surface area contributed by atoms with Crippen LogP contribution < -0.4 is 133 Å². The van der Waals surface area contributed by atoms with Gasteiger partial charge in [-0.15, -0.1) is 0 Å². The zero-order valence-corrected chi connectivity index (χ0v) is 52.5. The Balaban J connectivity index is 0.00000432. The van der Waals surface area contributed by atoms with E-state index < -0.39 is 72.8 Å². The van der Waals surface area contributed by atoms with Gasteiger partial charge in [0.1, 0.15) is 38.3 Å². The summed E-state index contributed by atoms with van der Waals surface area (Å²) in [6.07, 6.45) is 10.8. The average Bonchev–Trinajstić information content (AvgIpc) is 3.57. The second kappa shape index (κ2) is 26.4. The van der Waals surface area contributed by atoms with Crippen molar-refractivity contribution < 1.29 is 189 Å². The summed E-state index contributed by atoms with van der Waals surface area (Å²) in [6.45, 7) is 8.19. The van der Waals surface area contributed by atoms with E-state index in [-0.39, 0.29) is 155 Å². The first-order valence-corrected chi connectivity index (χ1v) is 27.3. The van der Waals surface area contributed by atoms with Gasteiger partial charge in [0.15, 0.2) is 5.71 Å². The Kier molecular flexibility index (Phi) is 24.6. The molecule has 0 amide bonds. The monoisotopic (exact) mass is 1090 g/mol. The molecule has 0 radical (unpaired) electrons. The Morgan fingerprint density at radius 1 is 0.718 bits per heavy atom. The quantitative estimate of drug-likeness (QED) is 0.0506. The van der Waals surface area contributed by atoms with E-state index in [0.717, 1.165) is 17.8 Å². The predicted octanol–water partition coefficient (Wildman–Crippen LogP) is -6.55. The van der Waals surface area contributed by atoms with Crippen LogP contribution in [0.4, 0.5) is 11.4 Å². The van der Waals surface area contributed by atoms with E-state index in [9.17, 15) is 61.8 Å². The number of fused-ring (bicyclic) bond motifs is 2. The summed E-state index contributed by atoms with van der Waals surface area (Å²) in [5.41, 5.74) is 3.55. The minimum absolute atomic E-state index is 0. The predicted molar refractivity (Wildman–Crippen MR) is 242 cm³/mol. The Bertz CT molecular complexity index is 3100. The smallest absolute Gasteiger partial charge is 0.748 e. The zero-order valence-electron chi connectivity index (χ0n) is 41.3. The van der Waals surface area contributed by atoms with E-state index in [1.165, 1.54) is 42.5 Å². The number of carbonyl (C=O) groups is 1. The molecule has 3 aromatic rings. The third-order valence-electron chi connectivity index (χ3n) is 12.3. The fraction of sp³-hybridized carbons (Fsp3) is 0.391. The number of nitrogens with zero attached hydrogens (tertiary/aromatic N) is 2. The Labute approximate surface area is 505 Å². The molecule has 0 saturated carbocycles. The molecule has 0 bridgehead atoms. The summed E-state index contributed by atoms with van der Waals surface area (Å²) in [7, 11) is -18.6. The topological polar surface area (TPSA) is 282 Å². The van der Waals surface area contributed by atoms with Gasteiger partial charge in [-0.2, -0.15) is 13.0 Å². The second-order valence-corrected chi connectivity index (χ2v) is 23.4. The van der Waals surface area contributed by atoms with Gasteiger partial charge in [-0.05, 0) is 142 Å². The molecule has 0 aromatic heterocycles. The first-order valence-electron chi connectivity index (χ1n) is 21.4. The summed E-state index contributed by atoms with van der Waals surface area (Å²) >= 11 is 0. The van der Waals surface area contributed by atoms with Crippen LogP contribution in [0.2, 0.25) is 0 Å². The number of unbranched alkanes of at least 4 members (excludes halogenated alkanes) is 3. The summed E-state index contributed by atoms with van der Waals surface area (Å²) in [4.78, 5) is 12.0. The molecule has 362 valence electrons. The molecule has 1 N–H and O–H groups in total. The number of ether oxygens (including phenoxy) is 1. The molecule has 25 heteroatoms. The molecule has 6 rings (SSSR count). The molecule has 3 aromatic carbocycles. The number of anilines is 1. The minimum atomic E-state index is -4.83. The van der Waals surface area contributed by atoms with Crippen LogP contribution in [0.5, 0.6) is 5.75 Å². The van der Waals surface area contributed by atoms with Crippen LogP contribution in [0, 0.1) is 0 Å². The second-order valence-electron chi connectivity index (χ2n) is 17.7. The van der Waals surface area contributed by atoms with Gasteiger partial charge in [0.25, 0.3) is 10.1 Å². The van der Waals surface area contributed by atoms with E-state index in [4.69, 9.17) is 4.74 Å². The van der Waals surface area contributed by atoms with Crippen LogP contribution in [-0.2, 0) is 56.1 Å². The van der Waals surface area contributed by atoms with Gasteiger partial charge in [-0.1, -0.05) is 26.3 Å². The number of carboxylic acids is 1. The summed E-state index contributed by atoms with van der Waals surface area (Å²) in [5, 5.41) is 11.1. The molecule has 0 unspecified atom stereocenters. The number of carbonyl (C=O) groups excluding carboxylic acids is 1. The van der Waals surface area contributed by atoms with Crippen molar-refractivity contribution in [3.05, 3.63) is 119 Å². The molecule has 1 aliphatic carbocycles. The van der Waals surface area contributed by atoms with Crippen LogP contribution in [0.3, 0.4) is 0 Å². The fourth-order valence-corrected chi connectivity index (χ4v) is 10.9. The molecule has 0 spiro atoms. The summed E-state index contributed by atoms with van der Waals surface area (Å²) in [5.74, 6) is -1.12. The molecule has 3 aliphatic rings. The van der Waals surface area contributed by atoms with Crippen molar-refractivity contribution in [1.29, 1.82) is 0 Å². The molecule has 2 heterocycles. The molecule has 2 aliphatic heterocycles. The van der Waals surface area contributed by atoms with Crippen molar-refractivity contribution in [2.75, 3.05) is 23.7 Å². The van der Waals surface area contributed by atoms with Gasteiger partial charge in [-0.25, -0.2) is 25.3 Å². The van der Waals surface area contributed by atoms with Crippen LogP contribution in [0.15, 0.2) is 122 Å². The van der Waals surface area contributed by atoms with Gasteiger partial charge in [-0.3, -0.25) is 4.55 Å². The minimum Gasteiger partial charge on any atom is -0.748 e. The molecule has 71 heavy (non-hydrogen) atoms. The van der Waals surface area contributed by atoms with E-state index >= 15 is 0 Å². The van der Waals surface area contributed by atoms with E-state index in [1.54, 1.807) is 6.07 Å². The molecular weight excluding hydrogens is 1040 g/mol. The van der Waals surface area contributed by atoms with Crippen molar-refractivity contribution >= 4 is 63.5 Å². The Morgan fingerprint density at radius 2 is 1.32 bits per heavy atom. The van der Waals surface area contributed by atoms with Crippen molar-refractivity contribution in [1.82, 2.24) is 0 Å². The maximum atomic E-state index is 12.2. The number of rotatable bonds is 19. The van der Waals surface area contributed by atoms with Crippen molar-refractivity contribution in [3.8, 4) is 5.75 Å². The average molecular weight is 1090 g/mol. The Morgan fingerprint density at radius 3 is 1.92 bits per heavy atom. The SMILES string of the molecule is CC1(C)C(=CC=C2CCCC(C=CC3=[N+](CCCCS(=O)(=O)[O-])c4ccc(S(=O)(=O)[O-])cc4C3(C)C)=C2Oc2ccc(S(=O)(=O)[O-])cc2)N(CCCCCC(=O)[O-])c2ccc(S(=O)(=O)O)cc21.[Na+].[Na+].[Na+].[Na+]. The third kappa shape index (κ3) is 16.5. The first kappa shape index (κ1) is 66.1. The molecule has 0 fully saturated rings. The summed E-state index contributed by atoms with van der Waals surface area (Å²) < 4.78 is 149. The third-order valence-corrected chi connectivity index (χ3v) is 15.6. The van der Waals surface area contributed by atoms with Crippen molar-refractivity contribution in [3.63, 3.8) is 0 Å². The summed E-state index contributed by atoms with van der Waals surface area (Å²) in [6, 6.07) is 13.4. The Hall–Kier alpha value is -1.000. The number of hydrogen-bond donors (Lipinski definition) is 1. The van der Waals surface area contributed by atoms with Crippen LogP contribution in [0.1, 0.15) is 96.6 Å². The van der Waals surface area contributed by atoms with Gasteiger partial charge in [0, 0.05) is 59.2 Å². The number of benzene rings is 3. The van der Waals surface area contributed by atoms with Crippen molar-refractivity contribution in [2.24, 2.45) is 0 Å². The van der Waals surface area contributed by atoms with Gasteiger partial charge >= 0.3 is 118 Å². The number of hydrogen-bond acceptors (Lipinski definition) is 15. The number of aliphatic carboxylic acids is 1. The largest absolute Gasteiger partial charge is 1.00 e. The van der Waals surface area contributed by atoms with Gasteiger partial charge < -0.3 is 33.2 Å². The maximum Gasteiger partial charge on any atom is 1.00 e. The molecule has 17 nitrogen and oxygen atoms in total. The zero-order chi connectivity index (χ0) is 49.3. The first-order chi connectivity index (χ1) is 31.1. The van der Waals surface area contributed by atoms with Crippen LogP contribution in [0.25, 0.3) is 0 Å². The van der Waals surface area contributed by atoms with Crippen LogP contribution >= 0.6 is 0 Å². The van der Waals surface area contributed by atoms with Crippen molar-refractivity contribution in [2.45, 2.75) is 111 Å². The van der Waals surface area contributed by atoms with Gasteiger partial charge in [0.05, 0.1) is 30.2 Å².